The lowest BCUT2D eigenvalue weighted by Crippen LogP contribution is -2.21. The molecule has 1 aliphatic heterocycles. The highest BCUT2D eigenvalue weighted by Gasteiger charge is 2.32. The van der Waals surface area contributed by atoms with Crippen molar-refractivity contribution in [2.45, 2.75) is 38.8 Å². The van der Waals surface area contributed by atoms with Crippen molar-refractivity contribution < 1.29 is 9.84 Å². The Morgan fingerprint density at radius 1 is 1.08 bits per heavy atom. The molecule has 0 saturated carbocycles. The van der Waals surface area contributed by atoms with E-state index in [1.54, 1.807) is 4.68 Å². The van der Waals surface area contributed by atoms with Gasteiger partial charge in [-0.1, -0.05) is 47.7 Å². The van der Waals surface area contributed by atoms with E-state index in [0.717, 1.165) is 57.5 Å². The Balaban J connectivity index is 1.70. The van der Waals surface area contributed by atoms with Gasteiger partial charge in [0.25, 0.3) is 0 Å². The van der Waals surface area contributed by atoms with Crippen molar-refractivity contribution in [3.05, 3.63) is 77.6 Å². The highest BCUT2D eigenvalue weighted by molar-refractivity contribution is 6.07. The van der Waals surface area contributed by atoms with Crippen LogP contribution in [0.5, 0.6) is 0 Å². The average Bonchev–Trinajstić information content (AvgIpc) is 3.58. The molecule has 1 fully saturated rings. The summed E-state index contributed by atoms with van der Waals surface area (Å²) in [6, 6.07) is 19.2. The fourth-order valence-corrected chi connectivity index (χ4v) is 5.66. The third kappa shape index (κ3) is 3.70. The highest BCUT2D eigenvalue weighted by Crippen LogP contribution is 2.41. The van der Waals surface area contributed by atoms with E-state index in [-0.39, 0.29) is 6.04 Å². The Hall–Kier alpha value is -3.55. The molecule has 1 N–H and O–H groups in total. The van der Waals surface area contributed by atoms with Crippen LogP contribution in [-0.4, -0.2) is 42.9 Å². The zero-order valence-electron chi connectivity index (χ0n) is 21.1. The van der Waals surface area contributed by atoms with Crippen molar-refractivity contribution in [1.29, 1.82) is 0 Å². The molecule has 5 aromatic rings. The first-order chi connectivity index (χ1) is 17.3. The number of nitrogens with zero attached hydrogens (tertiary/aromatic N) is 5. The Labute approximate surface area is 210 Å². The van der Waals surface area contributed by atoms with E-state index < -0.39 is 5.60 Å². The lowest BCUT2D eigenvalue weighted by molar-refractivity contribution is 0.0787. The van der Waals surface area contributed by atoms with Crippen LogP contribution in [0.3, 0.4) is 0 Å². The summed E-state index contributed by atoms with van der Waals surface area (Å²) < 4.78 is 10.1. The smallest absolute Gasteiger partial charge is 0.0960 e. The molecule has 1 saturated heterocycles. The predicted molar refractivity (Wildman–Crippen MR) is 141 cm³/mol. The first-order valence-electron chi connectivity index (χ1n) is 12.5. The van der Waals surface area contributed by atoms with Crippen LogP contribution in [0.4, 0.5) is 0 Å². The molecule has 4 heterocycles. The minimum atomic E-state index is -0.954. The normalized spacial score (nSPS) is 17.3. The van der Waals surface area contributed by atoms with Gasteiger partial charge in [0.2, 0.25) is 0 Å². The van der Waals surface area contributed by atoms with E-state index in [1.165, 1.54) is 5.56 Å². The number of aliphatic hydroxyl groups is 1. The Morgan fingerprint density at radius 3 is 2.56 bits per heavy atom. The first-order valence-corrected chi connectivity index (χ1v) is 12.5. The summed E-state index contributed by atoms with van der Waals surface area (Å²) in [5, 5.41) is 20.4. The van der Waals surface area contributed by atoms with Crippen LogP contribution in [-0.2, 0) is 17.4 Å². The lowest BCUT2D eigenvalue weighted by atomic mass is 9.91. The topological polar surface area (TPSA) is 78.0 Å². The van der Waals surface area contributed by atoms with Gasteiger partial charge >= 0.3 is 0 Å². The van der Waals surface area contributed by atoms with Crippen LogP contribution < -0.4 is 0 Å². The third-order valence-corrected chi connectivity index (χ3v) is 7.45. The van der Waals surface area contributed by atoms with Crippen molar-refractivity contribution >= 4 is 21.9 Å². The zero-order chi connectivity index (χ0) is 25.0. The highest BCUT2D eigenvalue weighted by atomic mass is 16.5. The quantitative estimate of drug-likeness (QED) is 0.376. The molecule has 2 atom stereocenters. The second-order valence-electron chi connectivity index (χ2n) is 10.4. The molecular formula is C29H31N5O2. The second-order valence-corrected chi connectivity index (χ2v) is 10.4. The van der Waals surface area contributed by atoms with Gasteiger partial charge in [-0.2, -0.15) is 0 Å². The van der Waals surface area contributed by atoms with Gasteiger partial charge < -0.3 is 14.4 Å². The minimum absolute atomic E-state index is 0.0635. The van der Waals surface area contributed by atoms with E-state index >= 15 is 0 Å². The first kappa shape index (κ1) is 22.9. The molecule has 36 heavy (non-hydrogen) atoms. The number of hydrogen-bond donors (Lipinski definition) is 1. The third-order valence-electron chi connectivity index (χ3n) is 7.45. The Kier molecular flexibility index (Phi) is 5.43. The van der Waals surface area contributed by atoms with Gasteiger partial charge in [0.05, 0.1) is 46.2 Å². The number of fused-ring (bicyclic) bond motifs is 3. The maximum absolute atomic E-state index is 10.9. The maximum atomic E-state index is 10.9. The summed E-state index contributed by atoms with van der Waals surface area (Å²) in [6.45, 7) is 7.11. The number of aromatic nitrogens is 5. The number of pyridine rings is 1. The summed E-state index contributed by atoms with van der Waals surface area (Å²) in [5.41, 5.74) is 7.03. The van der Waals surface area contributed by atoms with Crippen LogP contribution in [0.2, 0.25) is 0 Å². The van der Waals surface area contributed by atoms with Gasteiger partial charge in [0.15, 0.2) is 0 Å². The van der Waals surface area contributed by atoms with E-state index in [0.29, 0.717) is 12.5 Å². The predicted octanol–water partition coefficient (Wildman–Crippen LogP) is 5.15. The molecule has 3 aromatic heterocycles. The van der Waals surface area contributed by atoms with E-state index in [1.807, 2.05) is 40.1 Å². The number of rotatable bonds is 5. The molecule has 0 radical (unpaired) electrons. The van der Waals surface area contributed by atoms with Gasteiger partial charge in [-0.15, -0.1) is 5.10 Å². The van der Waals surface area contributed by atoms with Crippen LogP contribution in [0.15, 0.2) is 60.8 Å². The maximum Gasteiger partial charge on any atom is 0.0960 e. The second kappa shape index (κ2) is 8.54. The summed E-state index contributed by atoms with van der Waals surface area (Å²) >= 11 is 0. The molecule has 1 unspecified atom stereocenters. The number of benzene rings is 2. The number of ether oxygens (including phenoxy) is 1. The number of aryl methyl sites for hydroxylation is 2. The van der Waals surface area contributed by atoms with E-state index in [4.69, 9.17) is 9.72 Å². The van der Waals surface area contributed by atoms with E-state index in [2.05, 4.69) is 63.4 Å². The zero-order valence-corrected chi connectivity index (χ0v) is 21.1. The monoisotopic (exact) mass is 481 g/mol. The summed E-state index contributed by atoms with van der Waals surface area (Å²) in [4.78, 5) is 4.98. The Bertz CT molecular complexity index is 1540. The van der Waals surface area contributed by atoms with Crippen molar-refractivity contribution in [2.24, 2.45) is 13.0 Å². The average molecular weight is 482 g/mol. The fraction of sp³-hybridized carbons (Fsp3) is 0.345. The van der Waals surface area contributed by atoms with Crippen molar-refractivity contribution in [3.63, 3.8) is 0 Å². The van der Waals surface area contributed by atoms with Gasteiger partial charge in [-0.05, 0) is 50.5 Å². The molecule has 6 rings (SSSR count). The molecule has 0 bridgehead atoms. The molecule has 0 aliphatic carbocycles. The van der Waals surface area contributed by atoms with Crippen molar-refractivity contribution in [1.82, 2.24) is 24.5 Å². The van der Waals surface area contributed by atoms with E-state index in [9.17, 15) is 5.11 Å². The fourth-order valence-electron chi connectivity index (χ4n) is 5.66. The molecule has 0 amide bonds. The standard InChI is InChI=1S/C29H31N5O2/c1-18-27(33(4)32-31-18)21-14-25-26(30-16-21)23-11-10-22(29(2,3)35)15-24(23)34(25)28(20-12-13-36-17-20)19-8-6-5-7-9-19/h5-11,14-16,20,28,35H,12-13,17H2,1-4H3/t20?,28-/m1/s1. The molecular weight excluding hydrogens is 450 g/mol. The molecule has 184 valence electrons. The minimum Gasteiger partial charge on any atom is -0.386 e. The van der Waals surface area contributed by atoms with Crippen molar-refractivity contribution in [3.8, 4) is 11.3 Å². The molecule has 7 nitrogen and oxygen atoms in total. The molecule has 7 heteroatoms. The molecule has 0 spiro atoms. The Morgan fingerprint density at radius 2 is 1.89 bits per heavy atom. The molecule has 2 aromatic carbocycles. The van der Waals surface area contributed by atoms with Crippen LogP contribution in [0, 0.1) is 12.8 Å². The lowest BCUT2D eigenvalue weighted by Gasteiger charge is -2.27. The number of hydrogen-bond acceptors (Lipinski definition) is 5. The largest absolute Gasteiger partial charge is 0.386 e. The van der Waals surface area contributed by atoms with Gasteiger partial charge in [0, 0.05) is 36.7 Å². The molecule has 1 aliphatic rings. The SMILES string of the molecule is Cc1nnn(C)c1-c1cnc2c3ccc(C(C)(C)O)cc3n([C@H](c3ccccc3)C3CCOC3)c2c1. The van der Waals surface area contributed by atoms with Gasteiger partial charge in [0.1, 0.15) is 0 Å². The summed E-state index contributed by atoms with van der Waals surface area (Å²) in [7, 11) is 1.91. The van der Waals surface area contributed by atoms with Gasteiger partial charge in [-0.3, -0.25) is 4.98 Å². The van der Waals surface area contributed by atoms with Crippen LogP contribution in [0.1, 0.15) is 43.1 Å². The van der Waals surface area contributed by atoms with Gasteiger partial charge in [-0.25, -0.2) is 4.68 Å². The summed E-state index contributed by atoms with van der Waals surface area (Å²) in [5.74, 6) is 0.320. The van der Waals surface area contributed by atoms with Crippen molar-refractivity contribution in [2.75, 3.05) is 13.2 Å². The van der Waals surface area contributed by atoms with Crippen LogP contribution >= 0.6 is 0 Å². The van der Waals surface area contributed by atoms with Crippen LogP contribution in [0.25, 0.3) is 33.2 Å². The summed E-state index contributed by atoms with van der Waals surface area (Å²) in [6.07, 6.45) is 2.90.